The first kappa shape index (κ1) is 28.2. The molecule has 2 aromatic carbocycles. The number of aliphatic hydroxyl groups excluding tert-OH is 1. The topological polar surface area (TPSA) is 82.9 Å². The largest absolute Gasteiger partial charge is 0.497 e. The number of carboxylic acids is 1. The minimum Gasteiger partial charge on any atom is -0.497 e. The molecule has 1 fully saturated rings. The van der Waals surface area contributed by atoms with Gasteiger partial charge in [0.1, 0.15) is 5.75 Å². The molecule has 200 valence electrons. The van der Waals surface area contributed by atoms with E-state index in [2.05, 4.69) is 21.7 Å². The molecule has 0 spiro atoms. The average Bonchev–Trinajstić information content (AvgIpc) is 2.91. The molecule has 1 aromatic heterocycles. The first-order valence-corrected chi connectivity index (χ1v) is 13.6. The lowest BCUT2D eigenvalue weighted by atomic mass is 9.79. The van der Waals surface area contributed by atoms with Crippen molar-refractivity contribution >= 4 is 40.1 Å². The standard InChI is InChI=1S/C30H32Cl2N2O4/c1-38-24-8-9-28-26(18-24)25(12-14-33-28)29(35)10-5-20-13-16-34(19-22(20)6-11-30(36)37)15-2-3-21-4-7-23(31)17-27(21)32/h4,7-9,12,14,17-18,20,22,29,35H,5-6,10-11,13,15-16,19H2,1H3,(H,36,37)/t20-,22-,29-/m1/s1. The number of carbonyl (C=O) groups is 1. The SMILES string of the molecule is COc1ccc2nccc([C@H](O)CC[C@@H]3CCN(CC#Cc4ccc(Cl)cc4Cl)C[C@H]3CCC(=O)O)c2c1. The number of aliphatic hydroxyl groups is 1. The van der Waals surface area contributed by atoms with Crippen LogP contribution in [0.15, 0.2) is 48.7 Å². The van der Waals surface area contributed by atoms with Gasteiger partial charge in [0.05, 0.1) is 30.3 Å². The molecule has 1 aliphatic heterocycles. The first-order chi connectivity index (χ1) is 18.3. The Morgan fingerprint density at radius 1 is 1.18 bits per heavy atom. The summed E-state index contributed by atoms with van der Waals surface area (Å²) >= 11 is 12.2. The van der Waals surface area contributed by atoms with Gasteiger partial charge < -0.3 is 14.9 Å². The summed E-state index contributed by atoms with van der Waals surface area (Å²) in [7, 11) is 1.62. The van der Waals surface area contributed by atoms with Crippen molar-refractivity contribution in [2.75, 3.05) is 26.7 Å². The molecule has 2 N–H and O–H groups in total. The summed E-state index contributed by atoms with van der Waals surface area (Å²) in [6, 6.07) is 12.8. The van der Waals surface area contributed by atoms with E-state index in [4.69, 9.17) is 27.9 Å². The number of hydrogen-bond donors (Lipinski definition) is 2. The van der Waals surface area contributed by atoms with Crippen LogP contribution in [0.25, 0.3) is 10.9 Å². The van der Waals surface area contributed by atoms with Gasteiger partial charge in [-0.3, -0.25) is 14.7 Å². The molecule has 38 heavy (non-hydrogen) atoms. The fourth-order valence-electron chi connectivity index (χ4n) is 5.24. The van der Waals surface area contributed by atoms with Crippen molar-refractivity contribution in [1.29, 1.82) is 0 Å². The van der Waals surface area contributed by atoms with Crippen molar-refractivity contribution in [3.8, 4) is 17.6 Å². The summed E-state index contributed by atoms with van der Waals surface area (Å²) in [5, 5.41) is 22.4. The fraction of sp³-hybridized carbons (Fsp3) is 0.400. The zero-order valence-corrected chi connectivity index (χ0v) is 22.9. The molecular weight excluding hydrogens is 523 g/mol. The van der Waals surface area contributed by atoms with E-state index in [0.29, 0.717) is 35.3 Å². The molecule has 0 aliphatic carbocycles. The van der Waals surface area contributed by atoms with Crippen LogP contribution >= 0.6 is 23.2 Å². The van der Waals surface area contributed by atoms with Gasteiger partial charge in [0.15, 0.2) is 0 Å². The third-order valence-electron chi connectivity index (χ3n) is 7.31. The molecule has 3 aromatic rings. The van der Waals surface area contributed by atoms with Crippen molar-refractivity contribution in [1.82, 2.24) is 9.88 Å². The molecule has 0 amide bonds. The highest BCUT2D eigenvalue weighted by atomic mass is 35.5. The van der Waals surface area contributed by atoms with Gasteiger partial charge in [0.25, 0.3) is 0 Å². The number of fused-ring (bicyclic) bond motifs is 1. The average molecular weight is 556 g/mol. The number of piperidine rings is 1. The monoisotopic (exact) mass is 554 g/mol. The number of rotatable bonds is 9. The Morgan fingerprint density at radius 3 is 2.79 bits per heavy atom. The number of methoxy groups -OCH3 is 1. The van der Waals surface area contributed by atoms with Gasteiger partial charge in [0.2, 0.25) is 0 Å². The Balaban J connectivity index is 1.40. The van der Waals surface area contributed by atoms with Crippen LogP contribution in [0.3, 0.4) is 0 Å². The van der Waals surface area contributed by atoms with Gasteiger partial charge >= 0.3 is 5.97 Å². The van der Waals surface area contributed by atoms with E-state index in [9.17, 15) is 15.0 Å². The number of aliphatic carboxylic acids is 1. The third-order valence-corrected chi connectivity index (χ3v) is 7.86. The molecule has 0 bridgehead atoms. The highest BCUT2D eigenvalue weighted by Gasteiger charge is 2.30. The second-order valence-electron chi connectivity index (χ2n) is 9.78. The number of halogens is 2. The number of benzene rings is 2. The Hall–Kier alpha value is -2.82. The van der Waals surface area contributed by atoms with Crippen LogP contribution in [0.5, 0.6) is 5.75 Å². The Morgan fingerprint density at radius 2 is 2.03 bits per heavy atom. The van der Waals surface area contributed by atoms with E-state index in [0.717, 1.165) is 53.7 Å². The number of aromatic nitrogens is 1. The van der Waals surface area contributed by atoms with Crippen LogP contribution in [-0.2, 0) is 4.79 Å². The number of ether oxygens (including phenoxy) is 1. The van der Waals surface area contributed by atoms with Crippen LogP contribution in [-0.4, -0.2) is 52.8 Å². The summed E-state index contributed by atoms with van der Waals surface area (Å²) in [5.41, 5.74) is 2.39. The smallest absolute Gasteiger partial charge is 0.303 e. The predicted octanol–water partition coefficient (Wildman–Crippen LogP) is 6.22. The minimum atomic E-state index is -0.782. The lowest BCUT2D eigenvalue weighted by molar-refractivity contribution is -0.137. The Labute approximate surface area is 233 Å². The molecule has 3 atom stereocenters. The van der Waals surface area contributed by atoms with Crippen LogP contribution in [0.4, 0.5) is 0 Å². The summed E-state index contributed by atoms with van der Waals surface area (Å²) in [4.78, 5) is 18.0. The maximum absolute atomic E-state index is 11.3. The van der Waals surface area contributed by atoms with Gasteiger partial charge in [0, 0.05) is 35.1 Å². The van der Waals surface area contributed by atoms with Crippen molar-refractivity contribution < 1.29 is 19.7 Å². The molecule has 1 saturated heterocycles. The van der Waals surface area contributed by atoms with E-state index in [-0.39, 0.29) is 12.3 Å². The molecule has 2 heterocycles. The van der Waals surface area contributed by atoms with Crippen LogP contribution < -0.4 is 4.74 Å². The maximum atomic E-state index is 11.3. The fourth-order valence-corrected chi connectivity index (χ4v) is 5.70. The number of carboxylic acid groups (broad SMARTS) is 1. The summed E-state index contributed by atoms with van der Waals surface area (Å²) in [6.45, 7) is 2.25. The van der Waals surface area contributed by atoms with Gasteiger partial charge in [-0.2, -0.15) is 0 Å². The van der Waals surface area contributed by atoms with Crippen molar-refractivity contribution in [3.63, 3.8) is 0 Å². The summed E-state index contributed by atoms with van der Waals surface area (Å²) in [6.07, 6.45) is 4.18. The lowest BCUT2D eigenvalue weighted by Gasteiger charge is -2.38. The van der Waals surface area contributed by atoms with Gasteiger partial charge in [-0.1, -0.05) is 35.0 Å². The second-order valence-corrected chi connectivity index (χ2v) is 10.6. The second kappa shape index (κ2) is 13.3. The number of hydrogen-bond acceptors (Lipinski definition) is 5. The predicted molar refractivity (Wildman–Crippen MR) is 151 cm³/mol. The molecule has 4 rings (SSSR count). The van der Waals surface area contributed by atoms with E-state index < -0.39 is 12.1 Å². The Bertz CT molecular complexity index is 1340. The van der Waals surface area contributed by atoms with E-state index >= 15 is 0 Å². The van der Waals surface area contributed by atoms with Gasteiger partial charge in [-0.25, -0.2) is 0 Å². The normalized spacial score (nSPS) is 18.5. The van der Waals surface area contributed by atoms with Gasteiger partial charge in [-0.15, -0.1) is 0 Å². The highest BCUT2D eigenvalue weighted by molar-refractivity contribution is 6.35. The zero-order valence-electron chi connectivity index (χ0n) is 21.4. The molecule has 0 radical (unpaired) electrons. The van der Waals surface area contributed by atoms with Crippen LogP contribution in [0, 0.1) is 23.7 Å². The quantitative estimate of drug-likeness (QED) is 0.305. The van der Waals surface area contributed by atoms with Crippen molar-refractivity contribution in [2.24, 2.45) is 11.8 Å². The molecule has 0 saturated carbocycles. The number of nitrogens with zero attached hydrogens (tertiary/aromatic N) is 2. The summed E-state index contributed by atoms with van der Waals surface area (Å²) < 4.78 is 5.36. The number of pyridine rings is 1. The molecule has 1 aliphatic rings. The summed E-state index contributed by atoms with van der Waals surface area (Å²) in [5.74, 6) is 6.83. The number of likely N-dealkylation sites (tertiary alicyclic amines) is 1. The van der Waals surface area contributed by atoms with E-state index in [1.807, 2.05) is 30.3 Å². The minimum absolute atomic E-state index is 0.137. The third kappa shape index (κ3) is 7.39. The van der Waals surface area contributed by atoms with E-state index in [1.165, 1.54) is 0 Å². The molecular formula is C30H32Cl2N2O4. The lowest BCUT2D eigenvalue weighted by Crippen LogP contribution is -2.41. The maximum Gasteiger partial charge on any atom is 0.303 e. The molecule has 6 nitrogen and oxygen atoms in total. The van der Waals surface area contributed by atoms with Crippen LogP contribution in [0.2, 0.25) is 10.0 Å². The first-order valence-electron chi connectivity index (χ1n) is 12.8. The van der Waals surface area contributed by atoms with Crippen molar-refractivity contribution in [2.45, 2.75) is 38.2 Å². The Kier molecular flexibility index (Phi) is 9.87. The molecule has 8 heteroatoms. The van der Waals surface area contributed by atoms with Crippen LogP contribution in [0.1, 0.15) is 49.3 Å². The van der Waals surface area contributed by atoms with Gasteiger partial charge in [-0.05, 0) is 92.1 Å². The van der Waals surface area contributed by atoms with Crippen molar-refractivity contribution in [3.05, 3.63) is 69.8 Å². The highest BCUT2D eigenvalue weighted by Crippen LogP contribution is 2.35. The zero-order chi connectivity index (χ0) is 27.1. The van der Waals surface area contributed by atoms with E-state index in [1.54, 1.807) is 25.4 Å². The molecule has 0 unspecified atom stereocenters.